The summed E-state index contributed by atoms with van der Waals surface area (Å²) in [6.45, 7) is -0.311. The molecule has 1 aliphatic rings. The molecule has 0 aromatic heterocycles. The predicted molar refractivity (Wildman–Crippen MR) is 113 cm³/mol. The van der Waals surface area contributed by atoms with Crippen LogP contribution in [0.5, 0.6) is 0 Å². The number of aliphatic hydroxyl groups excluding tert-OH is 1. The highest BCUT2D eigenvalue weighted by atomic mass is 32.2. The largest absolute Gasteiger partial charge is 0.459 e. The van der Waals surface area contributed by atoms with Crippen molar-refractivity contribution in [3.05, 3.63) is 71.8 Å². The quantitative estimate of drug-likeness (QED) is 0.411. The maximum absolute atomic E-state index is 12.3. The molecule has 0 radical (unpaired) electrons. The molecule has 5 atom stereocenters. The van der Waals surface area contributed by atoms with Crippen molar-refractivity contribution in [3.63, 3.8) is 0 Å². The third-order valence-electron chi connectivity index (χ3n) is 4.80. The van der Waals surface area contributed by atoms with Crippen LogP contribution in [0.4, 0.5) is 0 Å². The summed E-state index contributed by atoms with van der Waals surface area (Å²) in [7, 11) is -2.62. The van der Waals surface area contributed by atoms with Crippen LogP contribution < -0.4 is 0 Å². The van der Waals surface area contributed by atoms with Gasteiger partial charge in [-0.15, -0.1) is 0 Å². The molecule has 2 unspecified atom stereocenters. The maximum Gasteiger partial charge on any atom is 0.338 e. The van der Waals surface area contributed by atoms with Crippen LogP contribution in [-0.4, -0.2) is 70.2 Å². The highest BCUT2D eigenvalue weighted by Gasteiger charge is 2.50. The van der Waals surface area contributed by atoms with E-state index in [4.69, 9.17) is 23.1 Å². The van der Waals surface area contributed by atoms with Gasteiger partial charge in [0.1, 0.15) is 31.0 Å². The Labute approximate surface area is 186 Å². The molecule has 1 fully saturated rings. The number of benzene rings is 2. The van der Waals surface area contributed by atoms with Crippen molar-refractivity contribution in [2.75, 3.05) is 20.0 Å². The van der Waals surface area contributed by atoms with Crippen molar-refractivity contribution >= 4 is 16.1 Å². The summed E-state index contributed by atoms with van der Waals surface area (Å²) in [6.07, 6.45) is -4.77. The molecule has 0 aliphatic carbocycles. The zero-order valence-electron chi connectivity index (χ0n) is 17.7. The van der Waals surface area contributed by atoms with Crippen molar-refractivity contribution in [2.45, 2.75) is 37.3 Å². The van der Waals surface area contributed by atoms with E-state index >= 15 is 0 Å². The van der Waals surface area contributed by atoms with E-state index in [9.17, 15) is 18.3 Å². The number of hydrogen-bond donors (Lipinski definition) is 1. The lowest BCUT2D eigenvalue weighted by atomic mass is 10.1. The molecule has 1 N–H and O–H groups in total. The van der Waals surface area contributed by atoms with E-state index in [1.54, 1.807) is 30.3 Å². The lowest BCUT2D eigenvalue weighted by Gasteiger charge is -2.27. The number of hydrogen-bond acceptors (Lipinski definition) is 9. The Bertz CT molecular complexity index is 965. The number of ether oxygens (including phenoxy) is 4. The normalized spacial score (nSPS) is 24.2. The third kappa shape index (κ3) is 6.58. The van der Waals surface area contributed by atoms with Crippen LogP contribution in [-0.2, 0) is 39.9 Å². The molecule has 0 bridgehead atoms. The van der Waals surface area contributed by atoms with E-state index in [1.807, 2.05) is 30.3 Å². The number of methoxy groups -OCH3 is 1. The lowest BCUT2D eigenvalue weighted by molar-refractivity contribution is -0.163. The first-order valence-electron chi connectivity index (χ1n) is 9.91. The van der Waals surface area contributed by atoms with Crippen LogP contribution in [0.3, 0.4) is 0 Å². The minimum Gasteiger partial charge on any atom is -0.459 e. The standard InChI is InChI=1S/C22H26O9S/c1-27-22-18(23)20(28-13-15-9-5-3-6-10-15)19(30-22)17(31-32(2,25)26)14-29-21(24)16-11-7-4-8-12-16/h3-12,17-20,22-23H,13-14H2,1-2H3/t17-,18?,19-,20+,22?/m0/s1. The zero-order chi connectivity index (χ0) is 23.1. The fourth-order valence-electron chi connectivity index (χ4n) is 3.33. The van der Waals surface area contributed by atoms with E-state index in [-0.39, 0.29) is 6.61 Å². The zero-order valence-corrected chi connectivity index (χ0v) is 18.5. The molecule has 3 rings (SSSR count). The summed E-state index contributed by atoms with van der Waals surface area (Å²) in [5, 5.41) is 10.6. The van der Waals surface area contributed by atoms with Crippen LogP contribution in [0, 0.1) is 0 Å². The average Bonchev–Trinajstić information content (AvgIpc) is 3.10. The average molecular weight is 467 g/mol. The topological polar surface area (TPSA) is 118 Å². The number of esters is 1. The molecule has 1 aliphatic heterocycles. The Hall–Kier alpha value is -2.34. The second kappa shape index (κ2) is 11.0. The fraction of sp³-hybridized carbons (Fsp3) is 0.409. The van der Waals surface area contributed by atoms with Crippen molar-refractivity contribution in [1.82, 2.24) is 0 Å². The summed E-state index contributed by atoms with van der Waals surface area (Å²) in [5.41, 5.74) is 1.14. The maximum atomic E-state index is 12.3. The fourth-order valence-corrected chi connectivity index (χ4v) is 3.95. The molecular weight excluding hydrogens is 440 g/mol. The van der Waals surface area contributed by atoms with Gasteiger partial charge in [-0.25, -0.2) is 4.79 Å². The number of carbonyl (C=O) groups is 1. The predicted octanol–water partition coefficient (Wildman–Crippen LogP) is 1.51. The molecule has 0 spiro atoms. The van der Waals surface area contributed by atoms with Gasteiger partial charge in [-0.05, 0) is 17.7 Å². The van der Waals surface area contributed by atoms with Gasteiger partial charge in [-0.2, -0.15) is 8.42 Å². The van der Waals surface area contributed by atoms with Crippen LogP contribution in [0.1, 0.15) is 15.9 Å². The second-order valence-corrected chi connectivity index (χ2v) is 8.86. The molecule has 174 valence electrons. The van der Waals surface area contributed by atoms with Crippen LogP contribution in [0.2, 0.25) is 0 Å². The Balaban J connectivity index is 1.77. The van der Waals surface area contributed by atoms with Gasteiger partial charge in [0, 0.05) is 7.11 Å². The Morgan fingerprint density at radius 1 is 1.09 bits per heavy atom. The summed E-state index contributed by atoms with van der Waals surface area (Å²) in [4.78, 5) is 12.3. The molecule has 2 aromatic carbocycles. The highest BCUT2D eigenvalue weighted by Crippen LogP contribution is 2.30. The third-order valence-corrected chi connectivity index (χ3v) is 5.40. The van der Waals surface area contributed by atoms with E-state index < -0.39 is 53.4 Å². The molecule has 0 saturated carbocycles. The molecule has 1 heterocycles. The van der Waals surface area contributed by atoms with Gasteiger partial charge >= 0.3 is 5.97 Å². The van der Waals surface area contributed by atoms with E-state index in [2.05, 4.69) is 0 Å². The minimum atomic E-state index is -3.95. The van der Waals surface area contributed by atoms with Crippen LogP contribution in [0.15, 0.2) is 60.7 Å². The van der Waals surface area contributed by atoms with Gasteiger partial charge in [0.2, 0.25) is 0 Å². The lowest BCUT2D eigenvalue weighted by Crippen LogP contribution is -2.45. The first kappa shape index (κ1) is 24.3. The molecule has 32 heavy (non-hydrogen) atoms. The van der Waals surface area contributed by atoms with Crippen LogP contribution >= 0.6 is 0 Å². The van der Waals surface area contributed by atoms with E-state index in [0.29, 0.717) is 5.56 Å². The first-order valence-corrected chi connectivity index (χ1v) is 11.7. The highest BCUT2D eigenvalue weighted by molar-refractivity contribution is 7.86. The number of carbonyl (C=O) groups excluding carboxylic acids is 1. The Kier molecular flexibility index (Phi) is 8.35. The minimum absolute atomic E-state index is 0.133. The van der Waals surface area contributed by atoms with E-state index in [0.717, 1.165) is 11.8 Å². The molecule has 0 amide bonds. The summed E-state index contributed by atoms with van der Waals surface area (Å²) >= 11 is 0. The van der Waals surface area contributed by atoms with Crippen molar-refractivity contribution in [1.29, 1.82) is 0 Å². The Morgan fingerprint density at radius 3 is 2.31 bits per heavy atom. The summed E-state index contributed by atoms with van der Waals surface area (Å²) < 4.78 is 50.9. The van der Waals surface area contributed by atoms with E-state index in [1.165, 1.54) is 7.11 Å². The molecular formula is C22H26O9S. The molecule has 2 aromatic rings. The monoisotopic (exact) mass is 466 g/mol. The van der Waals surface area contributed by atoms with Crippen molar-refractivity contribution in [3.8, 4) is 0 Å². The number of aliphatic hydroxyl groups is 1. The first-order chi connectivity index (χ1) is 15.3. The van der Waals surface area contributed by atoms with Crippen molar-refractivity contribution in [2.24, 2.45) is 0 Å². The summed E-state index contributed by atoms with van der Waals surface area (Å²) in [5.74, 6) is -0.656. The molecule has 10 heteroatoms. The second-order valence-electron chi connectivity index (χ2n) is 7.26. The smallest absolute Gasteiger partial charge is 0.338 e. The van der Waals surface area contributed by atoms with Gasteiger partial charge in [0.15, 0.2) is 6.29 Å². The van der Waals surface area contributed by atoms with Crippen molar-refractivity contribution < 1.29 is 41.4 Å². The van der Waals surface area contributed by atoms with Gasteiger partial charge in [-0.3, -0.25) is 4.18 Å². The summed E-state index contributed by atoms with van der Waals surface area (Å²) in [6, 6.07) is 17.5. The van der Waals surface area contributed by atoms with Gasteiger partial charge in [-0.1, -0.05) is 48.5 Å². The Morgan fingerprint density at radius 2 is 1.72 bits per heavy atom. The van der Waals surface area contributed by atoms with Gasteiger partial charge in [0.05, 0.1) is 18.4 Å². The SMILES string of the molecule is COC1O[C@@H]([C@H](COC(=O)c2ccccc2)OS(C)(=O)=O)[C@H](OCc2ccccc2)C1O. The van der Waals surface area contributed by atoms with Gasteiger partial charge in [0.25, 0.3) is 10.1 Å². The van der Waals surface area contributed by atoms with Gasteiger partial charge < -0.3 is 24.1 Å². The van der Waals surface area contributed by atoms with Crippen LogP contribution in [0.25, 0.3) is 0 Å². The number of rotatable bonds is 10. The molecule has 1 saturated heterocycles. The molecule has 9 nitrogen and oxygen atoms in total.